The average molecular weight is 276 g/mol. The Morgan fingerprint density at radius 3 is 2.48 bits per heavy atom. The van der Waals surface area contributed by atoms with Crippen LogP contribution in [0.15, 0.2) is 66.7 Å². The SMILES string of the molecule is O[C@@H]1C[C@@H](c2ccccc2)c2ccc3ccccc3c2O1. The molecule has 0 radical (unpaired) electrons. The maximum atomic E-state index is 10.1. The van der Waals surface area contributed by atoms with Gasteiger partial charge in [-0.25, -0.2) is 0 Å². The van der Waals surface area contributed by atoms with Crippen molar-refractivity contribution in [2.45, 2.75) is 18.6 Å². The van der Waals surface area contributed by atoms with Gasteiger partial charge < -0.3 is 9.84 Å². The second-order valence-electron chi connectivity index (χ2n) is 5.48. The minimum Gasteiger partial charge on any atom is -0.464 e. The zero-order valence-electron chi connectivity index (χ0n) is 11.6. The van der Waals surface area contributed by atoms with Gasteiger partial charge in [-0.3, -0.25) is 0 Å². The molecule has 4 rings (SSSR count). The summed E-state index contributed by atoms with van der Waals surface area (Å²) in [4.78, 5) is 0. The highest BCUT2D eigenvalue weighted by atomic mass is 16.6. The predicted octanol–water partition coefficient (Wildman–Crippen LogP) is 4.07. The van der Waals surface area contributed by atoms with Crippen LogP contribution in [0.25, 0.3) is 10.8 Å². The standard InChI is InChI=1S/C19H16O2/c20-18-12-17(13-6-2-1-3-7-13)16-11-10-14-8-4-5-9-15(14)19(16)21-18/h1-11,17-18,20H,12H2/t17-,18-/m0/s1. The molecule has 0 saturated carbocycles. The molecule has 3 aromatic rings. The first kappa shape index (κ1) is 12.4. The van der Waals surface area contributed by atoms with Crippen LogP contribution in [0.2, 0.25) is 0 Å². The molecule has 2 nitrogen and oxygen atoms in total. The van der Waals surface area contributed by atoms with Gasteiger partial charge in [-0.1, -0.05) is 66.7 Å². The number of ether oxygens (including phenoxy) is 1. The maximum Gasteiger partial charge on any atom is 0.198 e. The van der Waals surface area contributed by atoms with Gasteiger partial charge in [0.2, 0.25) is 0 Å². The smallest absolute Gasteiger partial charge is 0.198 e. The first-order chi connectivity index (χ1) is 10.3. The largest absolute Gasteiger partial charge is 0.464 e. The Hall–Kier alpha value is -2.32. The van der Waals surface area contributed by atoms with E-state index in [0.717, 1.165) is 22.1 Å². The Bertz CT molecular complexity index is 780. The van der Waals surface area contributed by atoms with E-state index in [9.17, 15) is 5.11 Å². The molecule has 3 aromatic carbocycles. The van der Waals surface area contributed by atoms with Crippen LogP contribution in [0.3, 0.4) is 0 Å². The highest BCUT2D eigenvalue weighted by molar-refractivity contribution is 5.90. The van der Waals surface area contributed by atoms with E-state index in [2.05, 4.69) is 30.3 Å². The van der Waals surface area contributed by atoms with E-state index in [1.165, 1.54) is 5.56 Å². The highest BCUT2D eigenvalue weighted by Gasteiger charge is 2.29. The Morgan fingerprint density at radius 2 is 1.62 bits per heavy atom. The van der Waals surface area contributed by atoms with Crippen LogP contribution in [0.4, 0.5) is 0 Å². The minimum absolute atomic E-state index is 0.176. The normalized spacial score (nSPS) is 20.8. The molecule has 0 aromatic heterocycles. The lowest BCUT2D eigenvalue weighted by Gasteiger charge is -2.30. The third-order valence-electron chi connectivity index (χ3n) is 4.18. The molecule has 1 aliphatic heterocycles. The zero-order valence-corrected chi connectivity index (χ0v) is 11.6. The molecule has 2 heteroatoms. The molecule has 1 N–H and O–H groups in total. The van der Waals surface area contributed by atoms with Crippen LogP contribution in [0.5, 0.6) is 5.75 Å². The van der Waals surface area contributed by atoms with Gasteiger partial charge >= 0.3 is 0 Å². The van der Waals surface area contributed by atoms with E-state index in [1.54, 1.807) is 0 Å². The molecule has 2 atom stereocenters. The van der Waals surface area contributed by atoms with Gasteiger partial charge in [0.1, 0.15) is 5.75 Å². The maximum absolute atomic E-state index is 10.1. The van der Waals surface area contributed by atoms with Crippen molar-refractivity contribution in [3.05, 3.63) is 77.9 Å². The van der Waals surface area contributed by atoms with Crippen LogP contribution in [0, 0.1) is 0 Å². The molecule has 0 fully saturated rings. The fraction of sp³-hybridized carbons (Fsp3) is 0.158. The summed E-state index contributed by atoms with van der Waals surface area (Å²) in [6.07, 6.45) is -0.163. The van der Waals surface area contributed by atoms with E-state index in [1.807, 2.05) is 36.4 Å². The molecule has 0 amide bonds. The molecular weight excluding hydrogens is 260 g/mol. The van der Waals surface area contributed by atoms with Gasteiger partial charge in [0.05, 0.1) is 0 Å². The molecule has 104 valence electrons. The summed E-state index contributed by atoms with van der Waals surface area (Å²) in [5, 5.41) is 12.3. The van der Waals surface area contributed by atoms with Crippen molar-refractivity contribution in [1.82, 2.24) is 0 Å². The van der Waals surface area contributed by atoms with E-state index in [4.69, 9.17) is 4.74 Å². The monoisotopic (exact) mass is 276 g/mol. The van der Waals surface area contributed by atoms with Gasteiger partial charge in [0.15, 0.2) is 6.29 Å². The molecule has 21 heavy (non-hydrogen) atoms. The summed E-state index contributed by atoms with van der Waals surface area (Å²) in [5.74, 6) is 0.996. The summed E-state index contributed by atoms with van der Waals surface area (Å²) < 4.78 is 5.75. The molecule has 0 bridgehead atoms. The number of fused-ring (bicyclic) bond motifs is 3. The number of aliphatic hydroxyl groups is 1. The third kappa shape index (κ3) is 2.08. The highest BCUT2D eigenvalue weighted by Crippen LogP contribution is 2.43. The summed E-state index contributed by atoms with van der Waals surface area (Å²) in [6, 6.07) is 22.7. The van der Waals surface area contributed by atoms with E-state index in [0.29, 0.717) is 6.42 Å². The number of rotatable bonds is 1. The van der Waals surface area contributed by atoms with Crippen LogP contribution in [-0.4, -0.2) is 11.4 Å². The number of hydrogen-bond donors (Lipinski definition) is 1. The van der Waals surface area contributed by atoms with E-state index < -0.39 is 6.29 Å². The lowest BCUT2D eigenvalue weighted by molar-refractivity contribution is -0.0347. The Labute approximate surface area is 123 Å². The summed E-state index contributed by atoms with van der Waals surface area (Å²) in [6.45, 7) is 0. The predicted molar refractivity (Wildman–Crippen MR) is 83.5 cm³/mol. The molecule has 0 unspecified atom stereocenters. The van der Waals surface area contributed by atoms with Gasteiger partial charge in [-0.2, -0.15) is 0 Å². The van der Waals surface area contributed by atoms with Crippen molar-refractivity contribution in [3.63, 3.8) is 0 Å². The van der Waals surface area contributed by atoms with Crippen LogP contribution in [0.1, 0.15) is 23.5 Å². The van der Waals surface area contributed by atoms with Crippen molar-refractivity contribution in [1.29, 1.82) is 0 Å². The lowest BCUT2D eigenvalue weighted by Crippen LogP contribution is -2.25. The van der Waals surface area contributed by atoms with Crippen LogP contribution in [-0.2, 0) is 0 Å². The second-order valence-corrected chi connectivity index (χ2v) is 5.48. The van der Waals surface area contributed by atoms with Gasteiger partial charge in [0.25, 0.3) is 0 Å². The number of aliphatic hydroxyl groups excluding tert-OH is 1. The van der Waals surface area contributed by atoms with Gasteiger partial charge in [0, 0.05) is 23.3 Å². The molecule has 0 spiro atoms. The van der Waals surface area contributed by atoms with Crippen molar-refractivity contribution >= 4 is 10.8 Å². The second kappa shape index (κ2) is 4.90. The minimum atomic E-state index is -0.756. The molecule has 1 heterocycles. The van der Waals surface area contributed by atoms with Gasteiger partial charge in [-0.15, -0.1) is 0 Å². The van der Waals surface area contributed by atoms with Gasteiger partial charge in [-0.05, 0) is 10.9 Å². The Kier molecular flexibility index (Phi) is 2.90. The third-order valence-corrected chi connectivity index (χ3v) is 4.18. The van der Waals surface area contributed by atoms with Crippen molar-refractivity contribution in [2.75, 3.05) is 0 Å². The van der Waals surface area contributed by atoms with Crippen molar-refractivity contribution < 1.29 is 9.84 Å². The summed E-state index contributed by atoms with van der Waals surface area (Å²) >= 11 is 0. The number of benzene rings is 3. The molecule has 0 aliphatic carbocycles. The fourth-order valence-corrected chi connectivity index (χ4v) is 3.18. The fourth-order valence-electron chi connectivity index (χ4n) is 3.18. The molecule has 0 saturated heterocycles. The lowest BCUT2D eigenvalue weighted by atomic mass is 9.85. The first-order valence-electron chi connectivity index (χ1n) is 7.24. The van der Waals surface area contributed by atoms with Crippen molar-refractivity contribution in [3.8, 4) is 5.75 Å². The summed E-state index contributed by atoms with van der Waals surface area (Å²) in [5.41, 5.74) is 2.38. The quantitative estimate of drug-likeness (QED) is 0.726. The molecule has 1 aliphatic rings. The van der Waals surface area contributed by atoms with E-state index in [-0.39, 0.29) is 5.92 Å². The van der Waals surface area contributed by atoms with E-state index >= 15 is 0 Å². The average Bonchev–Trinajstić information content (AvgIpc) is 2.55. The van der Waals surface area contributed by atoms with Crippen molar-refractivity contribution in [2.24, 2.45) is 0 Å². The Balaban J connectivity index is 1.93. The summed E-state index contributed by atoms with van der Waals surface area (Å²) in [7, 11) is 0. The van der Waals surface area contributed by atoms with Crippen LogP contribution >= 0.6 is 0 Å². The van der Waals surface area contributed by atoms with Crippen LogP contribution < -0.4 is 4.74 Å². The topological polar surface area (TPSA) is 29.5 Å². The Morgan fingerprint density at radius 1 is 0.857 bits per heavy atom. The number of hydrogen-bond acceptors (Lipinski definition) is 2. The first-order valence-corrected chi connectivity index (χ1v) is 7.24. The zero-order chi connectivity index (χ0) is 14.2. The molecular formula is C19H16O2.